The van der Waals surface area contributed by atoms with E-state index in [1.807, 2.05) is 0 Å². The molecular weight excluding hydrogens is 196 g/mol. The van der Waals surface area contributed by atoms with E-state index in [9.17, 15) is 0 Å². The van der Waals surface area contributed by atoms with Gasteiger partial charge in [-0.25, -0.2) is 0 Å². The summed E-state index contributed by atoms with van der Waals surface area (Å²) in [5.41, 5.74) is 10.0. The molecule has 0 amide bonds. The minimum atomic E-state index is 0.442. The van der Waals surface area contributed by atoms with Crippen LogP contribution in [0.3, 0.4) is 0 Å². The standard InChI is InChI=1S/C14H22N2/c1-11(16-9-3-8-15)13-7-6-12-4-2-5-14(12)10-13/h6-7,10-11,16H,2-5,8-9,15H2,1H3. The topological polar surface area (TPSA) is 38.0 Å². The second-order valence-electron chi connectivity index (χ2n) is 4.70. The highest BCUT2D eigenvalue weighted by atomic mass is 14.9. The molecule has 0 aromatic heterocycles. The Hall–Kier alpha value is -0.860. The highest BCUT2D eigenvalue weighted by molar-refractivity contribution is 5.36. The Bertz CT molecular complexity index is 347. The van der Waals surface area contributed by atoms with Gasteiger partial charge in [0.2, 0.25) is 0 Å². The molecule has 0 saturated heterocycles. The van der Waals surface area contributed by atoms with E-state index >= 15 is 0 Å². The van der Waals surface area contributed by atoms with E-state index < -0.39 is 0 Å². The van der Waals surface area contributed by atoms with E-state index in [0.717, 1.165) is 19.5 Å². The molecule has 0 bridgehead atoms. The number of benzene rings is 1. The fourth-order valence-corrected chi connectivity index (χ4v) is 2.40. The molecule has 1 atom stereocenters. The number of nitrogens with one attached hydrogen (secondary N) is 1. The molecule has 3 N–H and O–H groups in total. The van der Waals surface area contributed by atoms with Crippen molar-refractivity contribution in [2.24, 2.45) is 5.73 Å². The number of fused-ring (bicyclic) bond motifs is 1. The summed E-state index contributed by atoms with van der Waals surface area (Å²) >= 11 is 0. The predicted octanol–water partition coefficient (Wildman–Crippen LogP) is 2.17. The van der Waals surface area contributed by atoms with Crippen LogP contribution in [0.15, 0.2) is 18.2 Å². The maximum absolute atomic E-state index is 5.49. The van der Waals surface area contributed by atoms with Crippen molar-refractivity contribution in [1.29, 1.82) is 0 Å². The van der Waals surface area contributed by atoms with Gasteiger partial charge in [0.1, 0.15) is 0 Å². The van der Waals surface area contributed by atoms with Gasteiger partial charge in [0, 0.05) is 6.04 Å². The van der Waals surface area contributed by atoms with Gasteiger partial charge in [0.15, 0.2) is 0 Å². The normalized spacial score (nSPS) is 16.1. The van der Waals surface area contributed by atoms with Crippen LogP contribution in [0.1, 0.15) is 42.5 Å². The molecule has 1 unspecified atom stereocenters. The lowest BCUT2D eigenvalue weighted by Gasteiger charge is -2.15. The van der Waals surface area contributed by atoms with Gasteiger partial charge in [-0.15, -0.1) is 0 Å². The molecule has 1 aromatic carbocycles. The SMILES string of the molecule is CC(NCCCN)c1ccc2c(c1)CCC2. The fraction of sp³-hybridized carbons (Fsp3) is 0.571. The second kappa shape index (κ2) is 5.46. The monoisotopic (exact) mass is 218 g/mol. The molecule has 1 aromatic rings. The van der Waals surface area contributed by atoms with Crippen molar-refractivity contribution in [3.05, 3.63) is 34.9 Å². The predicted molar refractivity (Wildman–Crippen MR) is 68.6 cm³/mol. The van der Waals surface area contributed by atoms with Crippen LogP contribution in [-0.4, -0.2) is 13.1 Å². The minimum Gasteiger partial charge on any atom is -0.330 e. The van der Waals surface area contributed by atoms with Crippen LogP contribution < -0.4 is 11.1 Å². The first-order chi connectivity index (χ1) is 7.81. The van der Waals surface area contributed by atoms with Gasteiger partial charge in [-0.1, -0.05) is 18.2 Å². The highest BCUT2D eigenvalue weighted by Gasteiger charge is 2.12. The summed E-state index contributed by atoms with van der Waals surface area (Å²) in [6.45, 7) is 4.01. The van der Waals surface area contributed by atoms with Crippen molar-refractivity contribution in [1.82, 2.24) is 5.32 Å². The summed E-state index contributed by atoms with van der Waals surface area (Å²) in [7, 11) is 0. The van der Waals surface area contributed by atoms with E-state index in [0.29, 0.717) is 6.04 Å². The third kappa shape index (κ3) is 2.63. The quantitative estimate of drug-likeness (QED) is 0.743. The van der Waals surface area contributed by atoms with Crippen LogP contribution >= 0.6 is 0 Å². The zero-order chi connectivity index (χ0) is 11.4. The Morgan fingerprint density at radius 2 is 2.12 bits per heavy atom. The molecule has 0 aliphatic heterocycles. The zero-order valence-corrected chi connectivity index (χ0v) is 10.1. The Kier molecular flexibility index (Phi) is 3.97. The Morgan fingerprint density at radius 1 is 1.31 bits per heavy atom. The molecule has 16 heavy (non-hydrogen) atoms. The fourth-order valence-electron chi connectivity index (χ4n) is 2.40. The van der Waals surface area contributed by atoms with E-state index in [-0.39, 0.29) is 0 Å². The first-order valence-corrected chi connectivity index (χ1v) is 6.36. The van der Waals surface area contributed by atoms with E-state index in [4.69, 9.17) is 5.73 Å². The van der Waals surface area contributed by atoms with Crippen molar-refractivity contribution in [2.75, 3.05) is 13.1 Å². The number of nitrogens with two attached hydrogens (primary N) is 1. The highest BCUT2D eigenvalue weighted by Crippen LogP contribution is 2.25. The van der Waals surface area contributed by atoms with Crippen LogP contribution in [0.2, 0.25) is 0 Å². The van der Waals surface area contributed by atoms with E-state index in [1.54, 1.807) is 11.1 Å². The van der Waals surface area contributed by atoms with Crippen LogP contribution in [0.25, 0.3) is 0 Å². The lowest BCUT2D eigenvalue weighted by molar-refractivity contribution is 0.561. The minimum absolute atomic E-state index is 0.442. The summed E-state index contributed by atoms with van der Waals surface area (Å²) in [5.74, 6) is 0. The smallest absolute Gasteiger partial charge is 0.0291 e. The molecular formula is C14H22N2. The van der Waals surface area contributed by atoms with Crippen LogP contribution in [0.5, 0.6) is 0 Å². The molecule has 2 nitrogen and oxygen atoms in total. The zero-order valence-electron chi connectivity index (χ0n) is 10.1. The third-order valence-electron chi connectivity index (χ3n) is 3.45. The summed E-state index contributed by atoms with van der Waals surface area (Å²) in [6.07, 6.45) is 4.91. The molecule has 0 fully saturated rings. The van der Waals surface area contributed by atoms with Crippen LogP contribution in [0.4, 0.5) is 0 Å². The van der Waals surface area contributed by atoms with E-state index in [1.165, 1.54) is 24.8 Å². The molecule has 0 spiro atoms. The van der Waals surface area contributed by atoms with Gasteiger partial charge in [0.05, 0.1) is 0 Å². The summed E-state index contributed by atoms with van der Waals surface area (Å²) in [5, 5.41) is 3.51. The van der Waals surface area contributed by atoms with Gasteiger partial charge in [-0.2, -0.15) is 0 Å². The molecule has 88 valence electrons. The van der Waals surface area contributed by atoms with Gasteiger partial charge in [0.25, 0.3) is 0 Å². The Labute approximate surface area is 98.2 Å². The average Bonchev–Trinajstić information content (AvgIpc) is 2.76. The van der Waals surface area contributed by atoms with Crippen molar-refractivity contribution in [3.8, 4) is 0 Å². The van der Waals surface area contributed by atoms with Crippen molar-refractivity contribution < 1.29 is 0 Å². The average molecular weight is 218 g/mol. The van der Waals surface area contributed by atoms with Gasteiger partial charge in [-0.05, 0) is 62.4 Å². The molecule has 0 radical (unpaired) electrons. The maximum Gasteiger partial charge on any atom is 0.0291 e. The largest absolute Gasteiger partial charge is 0.330 e. The van der Waals surface area contributed by atoms with E-state index in [2.05, 4.69) is 30.4 Å². The molecule has 0 saturated carbocycles. The second-order valence-corrected chi connectivity index (χ2v) is 4.70. The number of hydrogen-bond acceptors (Lipinski definition) is 2. The molecule has 1 aliphatic rings. The molecule has 2 heteroatoms. The van der Waals surface area contributed by atoms with Crippen molar-refractivity contribution >= 4 is 0 Å². The maximum atomic E-state index is 5.49. The van der Waals surface area contributed by atoms with Crippen molar-refractivity contribution in [2.45, 2.75) is 38.6 Å². The van der Waals surface area contributed by atoms with Crippen LogP contribution in [0, 0.1) is 0 Å². The summed E-state index contributed by atoms with van der Waals surface area (Å²) in [4.78, 5) is 0. The summed E-state index contributed by atoms with van der Waals surface area (Å²) < 4.78 is 0. The first-order valence-electron chi connectivity index (χ1n) is 6.36. The first kappa shape index (κ1) is 11.6. The molecule has 1 aliphatic carbocycles. The van der Waals surface area contributed by atoms with Gasteiger partial charge < -0.3 is 11.1 Å². The van der Waals surface area contributed by atoms with Gasteiger partial charge >= 0.3 is 0 Å². The number of hydrogen-bond donors (Lipinski definition) is 2. The lowest BCUT2D eigenvalue weighted by atomic mass is 10.0. The van der Waals surface area contributed by atoms with Crippen LogP contribution in [-0.2, 0) is 12.8 Å². The number of rotatable bonds is 5. The van der Waals surface area contributed by atoms with Gasteiger partial charge in [-0.3, -0.25) is 0 Å². The number of aryl methyl sites for hydroxylation is 2. The lowest BCUT2D eigenvalue weighted by Crippen LogP contribution is -2.22. The molecule has 0 heterocycles. The van der Waals surface area contributed by atoms with Crippen molar-refractivity contribution in [3.63, 3.8) is 0 Å². The third-order valence-corrected chi connectivity index (χ3v) is 3.45. The summed E-state index contributed by atoms with van der Waals surface area (Å²) in [6, 6.07) is 7.39. The Balaban J connectivity index is 1.98. The molecule has 2 rings (SSSR count). The Morgan fingerprint density at radius 3 is 2.94 bits per heavy atom.